The first kappa shape index (κ1) is 29.6. The first-order valence-electron chi connectivity index (χ1n) is 14.3. The highest BCUT2D eigenvalue weighted by Crippen LogP contribution is 2.47. The summed E-state index contributed by atoms with van der Waals surface area (Å²) >= 11 is 7.12. The molecule has 4 heterocycles. The molecule has 0 bridgehead atoms. The highest BCUT2D eigenvalue weighted by Gasteiger charge is 2.36. The van der Waals surface area contributed by atoms with E-state index in [1.165, 1.54) is 16.7 Å². The van der Waals surface area contributed by atoms with Gasteiger partial charge in [-0.3, -0.25) is 14.3 Å². The number of hydrogen-bond donors (Lipinski definition) is 1. The van der Waals surface area contributed by atoms with Crippen LogP contribution in [-0.2, 0) is 4.79 Å². The Balaban J connectivity index is 1.74. The van der Waals surface area contributed by atoms with Gasteiger partial charge in [0.1, 0.15) is 17.3 Å². The number of aryl methyl sites for hydroxylation is 1. The average Bonchev–Trinajstić information content (AvgIpc) is 2.99. The van der Waals surface area contributed by atoms with Crippen molar-refractivity contribution in [3.8, 4) is 28.3 Å². The third kappa shape index (κ3) is 4.66. The van der Waals surface area contributed by atoms with Crippen molar-refractivity contribution in [2.45, 2.75) is 39.2 Å². The summed E-state index contributed by atoms with van der Waals surface area (Å²) in [5.41, 5.74) is 0.752. The van der Waals surface area contributed by atoms with E-state index in [-0.39, 0.29) is 46.3 Å². The van der Waals surface area contributed by atoms with Crippen molar-refractivity contribution < 1.29 is 23.4 Å². The standard InChI is InChI=1S/C32H30ClF2N5O4/c1-5-23(42)38-11-12-39-18(15-38)9-13-44-22-14-19(24-21(41)7-6-20(34)27(24)35)26(33)30-25(22)31(39)37-32(43)40(30)29-17(4)8-10-36-28(29)16(2)3/h5-8,10,14,16,18,41H,1,9,11-13,15H2,2-4H3. The highest BCUT2D eigenvalue weighted by atomic mass is 35.5. The monoisotopic (exact) mass is 621 g/mol. The van der Waals surface area contributed by atoms with E-state index in [9.17, 15) is 19.1 Å². The molecule has 2 aromatic heterocycles. The van der Waals surface area contributed by atoms with Crippen molar-refractivity contribution in [1.82, 2.24) is 19.4 Å². The lowest BCUT2D eigenvalue weighted by atomic mass is 9.98. The van der Waals surface area contributed by atoms with Crippen LogP contribution in [0.5, 0.6) is 11.5 Å². The third-order valence-corrected chi connectivity index (χ3v) is 8.64. The second kappa shape index (κ2) is 11.2. The second-order valence-electron chi connectivity index (χ2n) is 11.3. The molecule has 0 aliphatic carbocycles. The van der Waals surface area contributed by atoms with Gasteiger partial charge in [0, 0.05) is 37.8 Å². The van der Waals surface area contributed by atoms with Crippen LogP contribution < -0.4 is 15.3 Å². The minimum absolute atomic E-state index is 0.0554. The zero-order valence-electron chi connectivity index (χ0n) is 24.4. The number of pyridine rings is 1. The summed E-state index contributed by atoms with van der Waals surface area (Å²) in [5, 5.41) is 11.0. The number of hydrogen-bond acceptors (Lipinski definition) is 7. The van der Waals surface area contributed by atoms with Gasteiger partial charge in [-0.05, 0) is 48.7 Å². The van der Waals surface area contributed by atoms with E-state index < -0.39 is 28.6 Å². The van der Waals surface area contributed by atoms with Crippen LogP contribution >= 0.6 is 11.6 Å². The molecule has 4 aromatic rings. The van der Waals surface area contributed by atoms with Gasteiger partial charge in [0.15, 0.2) is 11.6 Å². The first-order chi connectivity index (χ1) is 21.0. The number of piperazine rings is 1. The van der Waals surface area contributed by atoms with E-state index in [2.05, 4.69) is 16.5 Å². The highest BCUT2D eigenvalue weighted by molar-refractivity contribution is 6.39. The van der Waals surface area contributed by atoms with Crippen LogP contribution in [0.25, 0.3) is 27.7 Å². The van der Waals surface area contributed by atoms with Gasteiger partial charge < -0.3 is 19.6 Å². The normalized spacial score (nSPS) is 16.4. The smallest absolute Gasteiger partial charge is 0.354 e. The van der Waals surface area contributed by atoms with Gasteiger partial charge in [0.05, 0.1) is 45.5 Å². The first-order valence-corrected chi connectivity index (χ1v) is 14.6. The number of amides is 1. The summed E-state index contributed by atoms with van der Waals surface area (Å²) in [4.78, 5) is 39.4. The van der Waals surface area contributed by atoms with Crippen LogP contribution in [0.1, 0.15) is 37.4 Å². The second-order valence-corrected chi connectivity index (χ2v) is 11.6. The molecule has 1 amide bonds. The van der Waals surface area contributed by atoms with Gasteiger partial charge >= 0.3 is 5.69 Å². The number of carbonyl (C=O) groups excluding carboxylic acids is 1. The minimum atomic E-state index is -1.30. The van der Waals surface area contributed by atoms with Crippen molar-refractivity contribution in [2.75, 3.05) is 31.1 Å². The summed E-state index contributed by atoms with van der Waals surface area (Å²) < 4.78 is 37.4. The molecule has 228 valence electrons. The number of carbonyl (C=O) groups is 1. The zero-order chi connectivity index (χ0) is 31.4. The predicted molar refractivity (Wildman–Crippen MR) is 164 cm³/mol. The van der Waals surface area contributed by atoms with E-state index in [0.29, 0.717) is 54.2 Å². The van der Waals surface area contributed by atoms with Crippen LogP contribution in [0.2, 0.25) is 5.02 Å². The quantitative estimate of drug-likeness (QED) is 0.300. The molecule has 1 saturated heterocycles. The molecule has 9 nitrogen and oxygen atoms in total. The van der Waals surface area contributed by atoms with Crippen LogP contribution in [0.15, 0.2) is 47.9 Å². The van der Waals surface area contributed by atoms with Crippen LogP contribution in [0.3, 0.4) is 0 Å². The number of nitrogens with zero attached hydrogens (tertiary/aromatic N) is 5. The maximum atomic E-state index is 15.3. The SMILES string of the molecule is C=CC(=O)N1CCN2c3nc(=O)n(-c4c(C)ccnc4C(C)C)c4c(Cl)c(-c5c(O)ccc(F)c5F)cc(c34)OCCC2C1. The molecular weight excluding hydrogens is 592 g/mol. The molecule has 0 spiro atoms. The number of aromatic nitrogens is 3. The number of ether oxygens (including phenoxy) is 1. The van der Waals surface area contributed by atoms with E-state index in [1.54, 1.807) is 17.2 Å². The Bertz CT molecular complexity index is 1910. The summed E-state index contributed by atoms with van der Waals surface area (Å²) in [6.45, 7) is 10.6. The summed E-state index contributed by atoms with van der Waals surface area (Å²) in [6, 6.07) is 4.83. The Hall–Kier alpha value is -4.51. The molecule has 2 aromatic carbocycles. The lowest BCUT2D eigenvalue weighted by Gasteiger charge is -2.43. The van der Waals surface area contributed by atoms with E-state index >= 15 is 4.39 Å². The molecule has 1 fully saturated rings. The summed E-state index contributed by atoms with van der Waals surface area (Å²) in [6.07, 6.45) is 3.40. The average molecular weight is 622 g/mol. The van der Waals surface area contributed by atoms with Gasteiger partial charge in [0.2, 0.25) is 5.91 Å². The Morgan fingerprint density at radius 3 is 2.75 bits per heavy atom. The molecular formula is C32H30ClF2N5O4. The molecule has 1 atom stereocenters. The fourth-order valence-electron chi connectivity index (χ4n) is 6.15. The molecule has 2 aliphatic heterocycles. The summed E-state index contributed by atoms with van der Waals surface area (Å²) in [7, 11) is 0. The number of rotatable bonds is 4. The molecule has 0 radical (unpaired) electrons. The van der Waals surface area contributed by atoms with Crippen molar-refractivity contribution in [1.29, 1.82) is 0 Å². The van der Waals surface area contributed by atoms with Gasteiger partial charge in [-0.2, -0.15) is 4.98 Å². The fourth-order valence-corrected chi connectivity index (χ4v) is 6.47. The molecule has 0 saturated carbocycles. The molecule has 12 heteroatoms. The maximum absolute atomic E-state index is 15.3. The maximum Gasteiger partial charge on any atom is 0.354 e. The van der Waals surface area contributed by atoms with Gasteiger partial charge in [-0.25, -0.2) is 13.6 Å². The number of halogens is 3. The van der Waals surface area contributed by atoms with Crippen LogP contribution in [0.4, 0.5) is 14.6 Å². The van der Waals surface area contributed by atoms with E-state index in [4.69, 9.17) is 16.3 Å². The molecule has 1 unspecified atom stereocenters. The number of benzene rings is 2. The minimum Gasteiger partial charge on any atom is -0.507 e. The lowest BCUT2D eigenvalue weighted by molar-refractivity contribution is -0.126. The van der Waals surface area contributed by atoms with Gasteiger partial charge in [-0.1, -0.05) is 32.0 Å². The van der Waals surface area contributed by atoms with Crippen molar-refractivity contribution >= 4 is 34.2 Å². The zero-order valence-corrected chi connectivity index (χ0v) is 25.2. The third-order valence-electron chi connectivity index (χ3n) is 8.26. The number of phenolic OH excluding ortho intramolecular Hbond substituents is 1. The van der Waals surface area contributed by atoms with E-state index in [0.717, 1.165) is 12.1 Å². The van der Waals surface area contributed by atoms with Crippen molar-refractivity contribution in [3.05, 3.63) is 81.5 Å². The molecule has 2 aliphatic rings. The van der Waals surface area contributed by atoms with Gasteiger partial charge in [-0.15, -0.1) is 0 Å². The number of fused-ring (bicyclic) bond motifs is 2. The van der Waals surface area contributed by atoms with Crippen LogP contribution in [0, 0.1) is 18.6 Å². The lowest BCUT2D eigenvalue weighted by Crippen LogP contribution is -2.56. The Morgan fingerprint density at radius 1 is 1.25 bits per heavy atom. The Labute approximate surface area is 257 Å². The van der Waals surface area contributed by atoms with Crippen LogP contribution in [-0.4, -0.2) is 62.7 Å². The Morgan fingerprint density at radius 2 is 2.02 bits per heavy atom. The van der Waals surface area contributed by atoms with E-state index in [1.807, 2.05) is 25.7 Å². The predicted octanol–water partition coefficient (Wildman–Crippen LogP) is 5.50. The fraction of sp³-hybridized carbons (Fsp3) is 0.312. The Kier molecular flexibility index (Phi) is 7.53. The molecule has 1 N–H and O–H groups in total. The largest absolute Gasteiger partial charge is 0.507 e. The topological polar surface area (TPSA) is 101 Å². The number of aromatic hydroxyl groups is 1. The summed E-state index contributed by atoms with van der Waals surface area (Å²) in [5.74, 6) is -2.77. The van der Waals surface area contributed by atoms with Crippen molar-refractivity contribution in [3.63, 3.8) is 0 Å². The number of phenols is 1. The molecule has 44 heavy (non-hydrogen) atoms. The van der Waals surface area contributed by atoms with Gasteiger partial charge in [0.25, 0.3) is 0 Å². The number of anilines is 1. The molecule has 6 rings (SSSR count). The van der Waals surface area contributed by atoms with Crippen molar-refractivity contribution in [2.24, 2.45) is 0 Å².